The number of nitrogens with one attached hydrogen (secondary N) is 2. The number of amides is 1. The van der Waals surface area contributed by atoms with Gasteiger partial charge in [0.15, 0.2) is 5.82 Å². The quantitative estimate of drug-likeness (QED) is 0.868. The summed E-state index contributed by atoms with van der Waals surface area (Å²) in [6.45, 7) is 8.98. The molecule has 1 aliphatic rings. The Balaban J connectivity index is 1.68. The molecular weight excluding hydrogens is 330 g/mol. The van der Waals surface area contributed by atoms with Crippen LogP contribution in [0.25, 0.3) is 0 Å². The Hall–Kier alpha value is -2.57. The molecule has 3 heterocycles. The Morgan fingerprint density at radius 1 is 1.35 bits per heavy atom. The van der Waals surface area contributed by atoms with Gasteiger partial charge in [-0.2, -0.15) is 5.10 Å². The van der Waals surface area contributed by atoms with Crippen molar-refractivity contribution in [2.45, 2.75) is 52.1 Å². The number of anilines is 2. The van der Waals surface area contributed by atoms with E-state index in [-0.39, 0.29) is 12.0 Å². The summed E-state index contributed by atoms with van der Waals surface area (Å²) in [7, 11) is 0. The normalized spacial score (nSPS) is 17.8. The molecule has 140 valence electrons. The zero-order valence-corrected chi connectivity index (χ0v) is 15.9. The number of piperidine rings is 1. The monoisotopic (exact) mass is 357 g/mol. The lowest BCUT2D eigenvalue weighted by molar-refractivity contribution is 0.0197. The Labute approximate surface area is 154 Å². The molecule has 0 unspecified atom stereocenters. The van der Waals surface area contributed by atoms with E-state index in [2.05, 4.69) is 15.5 Å². The number of pyridine rings is 1. The number of aromatic nitrogens is 3. The second-order valence-electron chi connectivity index (χ2n) is 7.77. The zero-order valence-electron chi connectivity index (χ0n) is 15.9. The smallest absolute Gasteiger partial charge is 0.410 e. The molecule has 7 heteroatoms. The maximum Gasteiger partial charge on any atom is 0.410 e. The van der Waals surface area contributed by atoms with Crippen molar-refractivity contribution in [1.29, 1.82) is 0 Å². The first kappa shape index (κ1) is 18.2. The van der Waals surface area contributed by atoms with Gasteiger partial charge < -0.3 is 15.0 Å². The molecule has 0 aromatic carbocycles. The van der Waals surface area contributed by atoms with E-state index in [0.29, 0.717) is 6.54 Å². The van der Waals surface area contributed by atoms with Crippen molar-refractivity contribution in [3.63, 3.8) is 0 Å². The fraction of sp³-hybridized carbons (Fsp3) is 0.526. The highest BCUT2D eigenvalue weighted by molar-refractivity contribution is 5.68. The van der Waals surface area contributed by atoms with Crippen LogP contribution in [-0.4, -0.2) is 44.9 Å². The first-order valence-corrected chi connectivity index (χ1v) is 9.04. The van der Waals surface area contributed by atoms with Crippen molar-refractivity contribution in [2.24, 2.45) is 0 Å². The van der Waals surface area contributed by atoms with Crippen molar-refractivity contribution in [1.82, 2.24) is 20.1 Å². The van der Waals surface area contributed by atoms with Crippen molar-refractivity contribution >= 4 is 17.7 Å². The maximum absolute atomic E-state index is 12.4. The predicted octanol–water partition coefficient (Wildman–Crippen LogP) is 3.97. The van der Waals surface area contributed by atoms with Crippen LogP contribution < -0.4 is 5.32 Å². The van der Waals surface area contributed by atoms with Crippen LogP contribution in [0.1, 0.15) is 50.9 Å². The van der Waals surface area contributed by atoms with Gasteiger partial charge in [0.1, 0.15) is 11.4 Å². The van der Waals surface area contributed by atoms with E-state index in [1.807, 2.05) is 52.0 Å². The highest BCUT2D eigenvalue weighted by atomic mass is 16.6. The molecule has 1 amide bonds. The van der Waals surface area contributed by atoms with Gasteiger partial charge >= 0.3 is 6.09 Å². The van der Waals surface area contributed by atoms with Gasteiger partial charge in [-0.05, 0) is 52.7 Å². The lowest BCUT2D eigenvalue weighted by atomic mass is 9.94. The van der Waals surface area contributed by atoms with Gasteiger partial charge in [0, 0.05) is 36.5 Å². The van der Waals surface area contributed by atoms with E-state index in [1.165, 1.54) is 0 Å². The Morgan fingerprint density at radius 3 is 2.85 bits per heavy atom. The van der Waals surface area contributed by atoms with Crippen LogP contribution in [-0.2, 0) is 4.74 Å². The molecule has 0 spiro atoms. The van der Waals surface area contributed by atoms with Crippen molar-refractivity contribution in [3.8, 4) is 0 Å². The van der Waals surface area contributed by atoms with Crippen LogP contribution in [0.5, 0.6) is 0 Å². The van der Waals surface area contributed by atoms with E-state index in [4.69, 9.17) is 9.72 Å². The highest BCUT2D eigenvalue weighted by Crippen LogP contribution is 2.28. The first-order valence-electron chi connectivity index (χ1n) is 9.04. The Bertz CT molecular complexity index is 765. The number of rotatable bonds is 3. The summed E-state index contributed by atoms with van der Waals surface area (Å²) in [5.41, 5.74) is 1.49. The van der Waals surface area contributed by atoms with Gasteiger partial charge in [0.2, 0.25) is 0 Å². The molecule has 7 nitrogen and oxygen atoms in total. The molecule has 1 aliphatic heterocycles. The molecule has 1 fully saturated rings. The number of carbonyl (C=O) groups is 1. The molecule has 1 atom stereocenters. The number of likely N-dealkylation sites (tertiary alicyclic amines) is 1. The maximum atomic E-state index is 12.4. The molecule has 2 N–H and O–H groups in total. The number of ether oxygens (including phenoxy) is 1. The van der Waals surface area contributed by atoms with Gasteiger partial charge in [-0.15, -0.1) is 0 Å². The minimum atomic E-state index is -0.478. The van der Waals surface area contributed by atoms with E-state index < -0.39 is 5.60 Å². The van der Waals surface area contributed by atoms with Crippen LogP contribution in [0.15, 0.2) is 24.3 Å². The number of aryl methyl sites for hydroxylation is 1. The molecule has 1 saturated heterocycles. The van der Waals surface area contributed by atoms with Crippen molar-refractivity contribution < 1.29 is 9.53 Å². The van der Waals surface area contributed by atoms with Gasteiger partial charge in [0.25, 0.3) is 0 Å². The fourth-order valence-electron chi connectivity index (χ4n) is 3.07. The van der Waals surface area contributed by atoms with Crippen LogP contribution in [0.4, 0.5) is 16.4 Å². The third-order valence-corrected chi connectivity index (χ3v) is 4.22. The van der Waals surface area contributed by atoms with Gasteiger partial charge in [-0.25, -0.2) is 9.78 Å². The van der Waals surface area contributed by atoms with Gasteiger partial charge in [-0.1, -0.05) is 6.07 Å². The largest absolute Gasteiger partial charge is 0.444 e. The molecular formula is C19H27N5O2. The topological polar surface area (TPSA) is 83.1 Å². The van der Waals surface area contributed by atoms with E-state index >= 15 is 0 Å². The van der Waals surface area contributed by atoms with Crippen LogP contribution in [0.2, 0.25) is 0 Å². The van der Waals surface area contributed by atoms with Gasteiger partial charge in [-0.3, -0.25) is 5.10 Å². The van der Waals surface area contributed by atoms with E-state index in [1.54, 1.807) is 4.90 Å². The summed E-state index contributed by atoms with van der Waals surface area (Å²) in [6.07, 6.45) is 1.71. The van der Waals surface area contributed by atoms with E-state index in [0.717, 1.165) is 42.4 Å². The fourth-order valence-corrected chi connectivity index (χ4v) is 3.07. The summed E-state index contributed by atoms with van der Waals surface area (Å²) in [5.74, 6) is 1.70. The predicted molar refractivity (Wildman–Crippen MR) is 101 cm³/mol. The lowest BCUT2D eigenvalue weighted by Gasteiger charge is -2.34. The van der Waals surface area contributed by atoms with Crippen molar-refractivity contribution in [3.05, 3.63) is 35.7 Å². The molecule has 0 saturated carbocycles. The summed E-state index contributed by atoms with van der Waals surface area (Å²) < 4.78 is 5.51. The van der Waals surface area contributed by atoms with Gasteiger partial charge in [0.05, 0.1) is 0 Å². The summed E-state index contributed by atoms with van der Waals surface area (Å²) in [6, 6.07) is 7.85. The third-order valence-electron chi connectivity index (χ3n) is 4.22. The number of carbonyl (C=O) groups excluding carboxylic acids is 1. The number of hydrogen-bond acceptors (Lipinski definition) is 5. The summed E-state index contributed by atoms with van der Waals surface area (Å²) in [4.78, 5) is 18.9. The molecule has 0 bridgehead atoms. The highest BCUT2D eigenvalue weighted by Gasteiger charge is 2.29. The van der Waals surface area contributed by atoms with Crippen LogP contribution in [0.3, 0.4) is 0 Å². The number of hydrogen-bond donors (Lipinski definition) is 2. The number of aromatic amines is 1. The average Bonchev–Trinajstić information content (AvgIpc) is 2.98. The molecule has 2 aromatic heterocycles. The molecule has 2 aromatic rings. The Morgan fingerprint density at radius 2 is 2.15 bits per heavy atom. The minimum absolute atomic E-state index is 0.207. The second kappa shape index (κ2) is 7.35. The summed E-state index contributed by atoms with van der Waals surface area (Å²) in [5, 5.41) is 10.3. The molecule has 0 radical (unpaired) electrons. The van der Waals surface area contributed by atoms with E-state index in [9.17, 15) is 4.79 Å². The number of nitrogens with zero attached hydrogens (tertiary/aromatic N) is 3. The SMILES string of the molecule is Cc1cc(Nc2cccc([C@@H]3CCCN(C(=O)OC(C)(C)C)C3)n2)n[nH]1. The minimum Gasteiger partial charge on any atom is -0.444 e. The van der Waals surface area contributed by atoms with Crippen molar-refractivity contribution in [2.75, 3.05) is 18.4 Å². The third kappa shape index (κ3) is 4.74. The standard InChI is InChI=1S/C19H27N5O2/c1-13-11-17(23-22-13)21-16-9-5-8-15(20-16)14-7-6-10-24(12-14)18(25)26-19(2,3)4/h5,8-9,11,14H,6-7,10,12H2,1-4H3,(H2,20,21,22,23)/t14-/m1/s1. The molecule has 3 rings (SSSR count). The number of H-pyrrole nitrogens is 1. The van der Waals surface area contributed by atoms with Crippen LogP contribution >= 0.6 is 0 Å². The Kier molecular flexibility index (Phi) is 5.15. The second-order valence-corrected chi connectivity index (χ2v) is 7.77. The molecule has 26 heavy (non-hydrogen) atoms. The first-order chi connectivity index (χ1) is 12.3. The lowest BCUT2D eigenvalue weighted by Crippen LogP contribution is -2.42. The average molecular weight is 357 g/mol. The zero-order chi connectivity index (χ0) is 18.7. The van der Waals surface area contributed by atoms with Crippen LogP contribution in [0, 0.1) is 6.92 Å². The molecule has 0 aliphatic carbocycles. The summed E-state index contributed by atoms with van der Waals surface area (Å²) >= 11 is 0.